The molecular formula is C15H14N4O. The summed E-state index contributed by atoms with van der Waals surface area (Å²) in [7, 11) is 0. The van der Waals surface area contributed by atoms with Gasteiger partial charge in [-0.15, -0.1) is 5.10 Å². The van der Waals surface area contributed by atoms with E-state index < -0.39 is 6.10 Å². The van der Waals surface area contributed by atoms with Crippen LogP contribution in [0.5, 0.6) is 0 Å². The Hall–Kier alpha value is -2.53. The molecule has 0 bridgehead atoms. The van der Waals surface area contributed by atoms with Gasteiger partial charge in [0.25, 0.3) is 0 Å². The molecule has 0 spiro atoms. The predicted octanol–water partition coefficient (Wildman–Crippen LogP) is 1.94. The molecule has 0 radical (unpaired) electrons. The minimum atomic E-state index is -0.672. The molecule has 0 fully saturated rings. The fourth-order valence-corrected chi connectivity index (χ4v) is 2.09. The van der Waals surface area contributed by atoms with E-state index in [2.05, 4.69) is 15.3 Å². The van der Waals surface area contributed by atoms with Crippen molar-refractivity contribution in [3.8, 4) is 5.69 Å². The van der Waals surface area contributed by atoms with Gasteiger partial charge in [0.15, 0.2) is 0 Å². The second-order valence-corrected chi connectivity index (χ2v) is 4.49. The fourth-order valence-electron chi connectivity index (χ4n) is 2.09. The molecule has 0 aliphatic rings. The summed E-state index contributed by atoms with van der Waals surface area (Å²) in [5, 5.41) is 18.3. The van der Waals surface area contributed by atoms with E-state index in [0.717, 1.165) is 11.3 Å². The van der Waals surface area contributed by atoms with E-state index in [1.54, 1.807) is 23.3 Å². The molecule has 3 rings (SSSR count). The minimum absolute atomic E-state index is 0.480. The molecule has 100 valence electrons. The number of aliphatic hydroxyl groups is 1. The lowest BCUT2D eigenvalue weighted by molar-refractivity contribution is 0.170. The maximum Gasteiger partial charge on any atom is 0.102 e. The maximum absolute atomic E-state index is 10.4. The topological polar surface area (TPSA) is 63.8 Å². The zero-order valence-corrected chi connectivity index (χ0v) is 10.8. The summed E-state index contributed by atoms with van der Waals surface area (Å²) in [6.07, 6.45) is 4.86. The first kappa shape index (κ1) is 12.5. The van der Waals surface area contributed by atoms with Gasteiger partial charge in [0, 0.05) is 18.8 Å². The maximum atomic E-state index is 10.4. The fraction of sp³-hybridized carbons (Fsp3) is 0.133. The smallest absolute Gasteiger partial charge is 0.102 e. The number of para-hydroxylation sites is 1. The lowest BCUT2D eigenvalue weighted by Crippen LogP contribution is -2.09. The Morgan fingerprint density at radius 1 is 1.05 bits per heavy atom. The van der Waals surface area contributed by atoms with E-state index in [1.165, 1.54) is 0 Å². The third-order valence-electron chi connectivity index (χ3n) is 3.07. The van der Waals surface area contributed by atoms with Gasteiger partial charge in [-0.25, -0.2) is 4.68 Å². The predicted molar refractivity (Wildman–Crippen MR) is 74.3 cm³/mol. The van der Waals surface area contributed by atoms with Gasteiger partial charge in [-0.2, -0.15) is 0 Å². The van der Waals surface area contributed by atoms with Crippen LogP contribution in [0.2, 0.25) is 0 Å². The average molecular weight is 266 g/mol. The summed E-state index contributed by atoms with van der Waals surface area (Å²) >= 11 is 0. The summed E-state index contributed by atoms with van der Waals surface area (Å²) in [6, 6.07) is 13.4. The van der Waals surface area contributed by atoms with Crippen LogP contribution in [-0.4, -0.2) is 25.1 Å². The molecule has 0 aliphatic carbocycles. The highest BCUT2D eigenvalue weighted by atomic mass is 16.3. The molecular weight excluding hydrogens is 252 g/mol. The zero-order chi connectivity index (χ0) is 13.8. The SMILES string of the molecule is OC(Cc1cccnc1)c1cnnn1-c1ccccc1. The van der Waals surface area contributed by atoms with Crippen LogP contribution in [0.15, 0.2) is 61.1 Å². The van der Waals surface area contributed by atoms with Crippen molar-refractivity contribution in [2.24, 2.45) is 0 Å². The lowest BCUT2D eigenvalue weighted by Gasteiger charge is -2.12. The Bertz CT molecular complexity index is 667. The van der Waals surface area contributed by atoms with Crippen molar-refractivity contribution in [3.63, 3.8) is 0 Å². The molecule has 0 saturated carbocycles. The van der Waals surface area contributed by atoms with Gasteiger partial charge < -0.3 is 5.11 Å². The molecule has 0 amide bonds. The summed E-state index contributed by atoms with van der Waals surface area (Å²) in [4.78, 5) is 4.05. The first-order chi connectivity index (χ1) is 9.84. The van der Waals surface area contributed by atoms with Crippen LogP contribution in [-0.2, 0) is 6.42 Å². The van der Waals surface area contributed by atoms with E-state index in [9.17, 15) is 5.11 Å². The van der Waals surface area contributed by atoms with Crippen LogP contribution in [0, 0.1) is 0 Å². The summed E-state index contributed by atoms with van der Waals surface area (Å²) in [6.45, 7) is 0. The normalized spacial score (nSPS) is 12.2. The Kier molecular flexibility index (Phi) is 3.52. The van der Waals surface area contributed by atoms with Crippen molar-refractivity contribution in [1.29, 1.82) is 0 Å². The van der Waals surface area contributed by atoms with Crippen LogP contribution >= 0.6 is 0 Å². The van der Waals surface area contributed by atoms with E-state index >= 15 is 0 Å². The molecule has 0 saturated heterocycles. The van der Waals surface area contributed by atoms with Crippen LogP contribution in [0.25, 0.3) is 5.69 Å². The van der Waals surface area contributed by atoms with Crippen LogP contribution in [0.1, 0.15) is 17.4 Å². The van der Waals surface area contributed by atoms with Gasteiger partial charge in [-0.1, -0.05) is 29.5 Å². The van der Waals surface area contributed by atoms with E-state index in [0.29, 0.717) is 12.1 Å². The Morgan fingerprint density at radius 3 is 2.65 bits per heavy atom. The van der Waals surface area contributed by atoms with Crippen molar-refractivity contribution in [1.82, 2.24) is 20.0 Å². The van der Waals surface area contributed by atoms with Crippen molar-refractivity contribution in [2.45, 2.75) is 12.5 Å². The molecule has 1 aromatic carbocycles. The number of benzene rings is 1. The highest BCUT2D eigenvalue weighted by Gasteiger charge is 2.15. The highest BCUT2D eigenvalue weighted by molar-refractivity contribution is 5.32. The molecule has 2 aromatic heterocycles. The summed E-state index contributed by atoms with van der Waals surface area (Å²) < 4.78 is 1.65. The monoisotopic (exact) mass is 266 g/mol. The zero-order valence-electron chi connectivity index (χ0n) is 10.8. The van der Waals surface area contributed by atoms with E-state index in [-0.39, 0.29) is 0 Å². The van der Waals surface area contributed by atoms with Gasteiger partial charge >= 0.3 is 0 Å². The van der Waals surface area contributed by atoms with Crippen molar-refractivity contribution in [3.05, 3.63) is 72.3 Å². The molecule has 5 heteroatoms. The summed E-state index contributed by atoms with van der Waals surface area (Å²) in [5.41, 5.74) is 2.52. The van der Waals surface area contributed by atoms with Crippen molar-refractivity contribution in [2.75, 3.05) is 0 Å². The van der Waals surface area contributed by atoms with Gasteiger partial charge in [-0.3, -0.25) is 4.98 Å². The van der Waals surface area contributed by atoms with E-state index in [1.807, 2.05) is 42.5 Å². The lowest BCUT2D eigenvalue weighted by atomic mass is 10.1. The van der Waals surface area contributed by atoms with Gasteiger partial charge in [0.05, 0.1) is 17.6 Å². The Labute approximate surface area is 116 Å². The molecule has 0 aliphatic heterocycles. The Morgan fingerprint density at radius 2 is 1.90 bits per heavy atom. The largest absolute Gasteiger partial charge is 0.386 e. The van der Waals surface area contributed by atoms with Gasteiger partial charge in [0.2, 0.25) is 0 Å². The molecule has 20 heavy (non-hydrogen) atoms. The first-order valence-electron chi connectivity index (χ1n) is 6.37. The van der Waals surface area contributed by atoms with Crippen LogP contribution in [0.3, 0.4) is 0 Å². The number of hydrogen-bond acceptors (Lipinski definition) is 4. The van der Waals surface area contributed by atoms with Crippen molar-refractivity contribution >= 4 is 0 Å². The third-order valence-corrected chi connectivity index (χ3v) is 3.07. The molecule has 2 heterocycles. The third kappa shape index (κ3) is 2.57. The Balaban J connectivity index is 1.86. The molecule has 1 atom stereocenters. The number of hydrogen-bond donors (Lipinski definition) is 1. The minimum Gasteiger partial charge on any atom is -0.386 e. The van der Waals surface area contributed by atoms with Gasteiger partial charge in [0.1, 0.15) is 6.10 Å². The van der Waals surface area contributed by atoms with Crippen LogP contribution < -0.4 is 0 Å². The summed E-state index contributed by atoms with van der Waals surface area (Å²) in [5.74, 6) is 0. The quantitative estimate of drug-likeness (QED) is 0.783. The average Bonchev–Trinajstić information content (AvgIpc) is 2.99. The number of aromatic nitrogens is 4. The van der Waals surface area contributed by atoms with Crippen LogP contribution in [0.4, 0.5) is 0 Å². The molecule has 1 unspecified atom stereocenters. The highest BCUT2D eigenvalue weighted by Crippen LogP contribution is 2.19. The molecule has 5 nitrogen and oxygen atoms in total. The number of aliphatic hydroxyl groups excluding tert-OH is 1. The standard InChI is InChI=1S/C15H14N4O/c20-15(9-12-5-4-8-16-10-12)14-11-17-18-19(14)13-6-2-1-3-7-13/h1-8,10-11,15,20H,9H2. The van der Waals surface area contributed by atoms with Crippen molar-refractivity contribution < 1.29 is 5.11 Å². The second kappa shape index (κ2) is 5.63. The second-order valence-electron chi connectivity index (χ2n) is 4.49. The number of pyridine rings is 1. The number of nitrogens with zero attached hydrogens (tertiary/aromatic N) is 4. The van der Waals surface area contributed by atoms with E-state index in [4.69, 9.17) is 0 Å². The molecule has 1 N–H and O–H groups in total. The number of rotatable bonds is 4. The first-order valence-corrected chi connectivity index (χ1v) is 6.37. The molecule has 3 aromatic rings. The van der Waals surface area contributed by atoms with Gasteiger partial charge in [-0.05, 0) is 23.8 Å².